The third kappa shape index (κ3) is 2.64. The minimum Gasteiger partial charge on any atom is -0.494 e. The Balaban J connectivity index is 1.30. The first-order valence-corrected chi connectivity index (χ1v) is 10.5. The predicted octanol–water partition coefficient (Wildman–Crippen LogP) is 5.05. The minimum absolute atomic E-state index is 0.124. The summed E-state index contributed by atoms with van der Waals surface area (Å²) in [4.78, 5) is 17.2. The van der Waals surface area contributed by atoms with E-state index in [1.54, 1.807) is 30.5 Å². The lowest BCUT2D eigenvalue weighted by Crippen LogP contribution is -2.12. The van der Waals surface area contributed by atoms with Gasteiger partial charge in [0, 0.05) is 28.3 Å². The van der Waals surface area contributed by atoms with Gasteiger partial charge in [0.1, 0.15) is 0 Å². The summed E-state index contributed by atoms with van der Waals surface area (Å²) in [5, 5.41) is 25.5. The second kappa shape index (κ2) is 6.60. The van der Waals surface area contributed by atoms with Gasteiger partial charge in [-0.3, -0.25) is 14.3 Å². The molecule has 1 fully saturated rings. The number of hydrogen-bond donors (Lipinski definition) is 3. The van der Waals surface area contributed by atoms with Crippen LogP contribution in [0.1, 0.15) is 52.6 Å². The number of anilines is 1. The lowest BCUT2D eigenvalue weighted by molar-refractivity contribution is 0.102. The van der Waals surface area contributed by atoms with Crippen molar-refractivity contribution in [1.82, 2.24) is 9.55 Å². The number of hydrogen-bond acceptors (Lipinski definition) is 4. The number of carbonyl (C=O) groups excluding carboxylic acids is 1. The molecule has 1 amide bonds. The number of amides is 1. The number of pyridine rings is 1. The van der Waals surface area contributed by atoms with Crippen LogP contribution in [0, 0.1) is 0 Å². The van der Waals surface area contributed by atoms with Crippen molar-refractivity contribution < 1.29 is 15.0 Å². The Labute approximate surface area is 178 Å². The summed E-state index contributed by atoms with van der Waals surface area (Å²) in [5.41, 5.74) is 4.31. The van der Waals surface area contributed by atoms with Gasteiger partial charge in [-0.1, -0.05) is 18.2 Å². The number of para-hydroxylation sites is 1. The Morgan fingerprint density at radius 2 is 1.61 bits per heavy atom. The van der Waals surface area contributed by atoms with Crippen LogP contribution in [0.15, 0.2) is 60.8 Å². The molecule has 6 rings (SSSR count). The van der Waals surface area contributed by atoms with Crippen LogP contribution >= 0.6 is 0 Å². The highest BCUT2D eigenvalue weighted by Gasteiger charge is 2.44. The highest BCUT2D eigenvalue weighted by Crippen LogP contribution is 2.60. The van der Waals surface area contributed by atoms with Crippen LogP contribution in [0.5, 0.6) is 11.8 Å². The fraction of sp³-hybridized carbons (Fsp3) is 0.200. The Morgan fingerprint density at radius 1 is 0.935 bits per heavy atom. The number of rotatable bonds is 3. The molecule has 6 heteroatoms. The largest absolute Gasteiger partial charge is 0.494 e. The van der Waals surface area contributed by atoms with Gasteiger partial charge >= 0.3 is 0 Å². The molecule has 0 saturated heterocycles. The molecule has 2 aliphatic carbocycles. The third-order valence-electron chi connectivity index (χ3n) is 6.71. The van der Waals surface area contributed by atoms with E-state index >= 15 is 0 Å². The van der Waals surface area contributed by atoms with E-state index in [4.69, 9.17) is 0 Å². The summed E-state index contributed by atoms with van der Waals surface area (Å²) in [5.74, 6) is 0.682. The zero-order valence-electron chi connectivity index (χ0n) is 16.7. The fourth-order valence-corrected chi connectivity index (χ4v) is 5.30. The first-order chi connectivity index (χ1) is 15.1. The summed E-state index contributed by atoms with van der Waals surface area (Å²) >= 11 is 0. The molecule has 154 valence electrons. The van der Waals surface area contributed by atoms with Gasteiger partial charge in [0.05, 0.1) is 16.9 Å². The van der Waals surface area contributed by atoms with E-state index in [-0.39, 0.29) is 17.7 Å². The molecule has 2 atom stereocenters. The smallest absolute Gasteiger partial charge is 0.255 e. The van der Waals surface area contributed by atoms with Crippen molar-refractivity contribution >= 4 is 22.5 Å². The lowest BCUT2D eigenvalue weighted by Gasteiger charge is -2.11. The third-order valence-corrected chi connectivity index (χ3v) is 6.71. The van der Waals surface area contributed by atoms with Crippen LogP contribution in [-0.4, -0.2) is 25.7 Å². The second-order valence-electron chi connectivity index (χ2n) is 8.40. The van der Waals surface area contributed by atoms with Crippen molar-refractivity contribution in [3.63, 3.8) is 0 Å². The maximum Gasteiger partial charge on any atom is 0.255 e. The Morgan fingerprint density at radius 3 is 2.32 bits per heavy atom. The van der Waals surface area contributed by atoms with Crippen LogP contribution in [-0.2, 0) is 0 Å². The number of benzene rings is 2. The Kier molecular flexibility index (Phi) is 3.84. The van der Waals surface area contributed by atoms with Crippen LogP contribution in [0.25, 0.3) is 16.6 Å². The number of fused-ring (bicyclic) bond motifs is 6. The molecule has 6 nitrogen and oxygen atoms in total. The van der Waals surface area contributed by atoms with Crippen molar-refractivity contribution in [2.75, 3.05) is 5.32 Å². The topological polar surface area (TPSA) is 87.4 Å². The number of aromatic nitrogens is 2. The van der Waals surface area contributed by atoms with E-state index in [9.17, 15) is 15.0 Å². The van der Waals surface area contributed by atoms with Crippen molar-refractivity contribution in [1.29, 1.82) is 0 Å². The van der Waals surface area contributed by atoms with Crippen LogP contribution < -0.4 is 5.32 Å². The minimum atomic E-state index is -0.244. The van der Waals surface area contributed by atoms with E-state index < -0.39 is 0 Å². The maximum atomic E-state index is 12.8. The van der Waals surface area contributed by atoms with Gasteiger partial charge in [-0.15, -0.1) is 0 Å². The average Bonchev–Trinajstić information content (AvgIpc) is 3.48. The van der Waals surface area contributed by atoms with Gasteiger partial charge in [0.2, 0.25) is 11.8 Å². The van der Waals surface area contributed by atoms with Crippen LogP contribution in [0.3, 0.4) is 0 Å². The van der Waals surface area contributed by atoms with Gasteiger partial charge in [0.25, 0.3) is 5.91 Å². The maximum absolute atomic E-state index is 12.8. The van der Waals surface area contributed by atoms with Gasteiger partial charge in [-0.05, 0) is 67.5 Å². The molecule has 1 unspecified atom stereocenters. The fourth-order valence-electron chi connectivity index (χ4n) is 5.30. The monoisotopic (exact) mass is 411 g/mol. The van der Waals surface area contributed by atoms with Crippen molar-refractivity contribution in [3.8, 4) is 17.4 Å². The molecule has 2 bridgehead atoms. The highest BCUT2D eigenvalue weighted by molar-refractivity contribution is 6.08. The lowest BCUT2D eigenvalue weighted by atomic mass is 9.95. The first kappa shape index (κ1) is 18.0. The molecule has 1 saturated carbocycles. The number of nitrogens with one attached hydrogen (secondary N) is 1. The van der Waals surface area contributed by atoms with E-state index in [1.807, 2.05) is 30.3 Å². The zero-order chi connectivity index (χ0) is 21.1. The summed E-state index contributed by atoms with van der Waals surface area (Å²) in [6.45, 7) is 0. The molecule has 31 heavy (non-hydrogen) atoms. The number of carbonyl (C=O) groups is 1. The van der Waals surface area contributed by atoms with Crippen molar-refractivity contribution in [2.24, 2.45) is 0 Å². The highest BCUT2D eigenvalue weighted by atomic mass is 16.3. The molecule has 2 heterocycles. The molecule has 0 aliphatic heterocycles. The van der Waals surface area contributed by atoms with Crippen molar-refractivity contribution in [3.05, 3.63) is 77.5 Å². The summed E-state index contributed by atoms with van der Waals surface area (Å²) < 4.78 is 1.49. The van der Waals surface area contributed by atoms with Crippen LogP contribution in [0.2, 0.25) is 0 Å². The normalized spacial score (nSPS) is 19.0. The summed E-state index contributed by atoms with van der Waals surface area (Å²) in [6.07, 6.45) is 4.86. The Bertz CT molecular complexity index is 1300. The average molecular weight is 411 g/mol. The molecule has 2 aromatic carbocycles. The quantitative estimate of drug-likeness (QED) is 0.440. The standard InChI is InChI=1S/C25H21N3O3/c29-23(27-19-5-1-3-14-4-2-12-26-22(14)19)15-8-10-18(11-9-15)28-24(30)20-16-6-7-17(13-16)21(20)25(28)31/h1-5,8-12,16-17,30-31H,6-7,13H2,(H,27,29)/t16-,17?/m0/s1. The SMILES string of the molecule is O=C(Nc1cccc2cccnc12)c1ccc(-n2c(O)c3c(c2O)[C@H]2CCC3C2)cc1. The molecule has 2 aliphatic rings. The van der Waals surface area contributed by atoms with Gasteiger partial charge < -0.3 is 15.5 Å². The molecular weight excluding hydrogens is 390 g/mol. The summed E-state index contributed by atoms with van der Waals surface area (Å²) in [6, 6.07) is 16.3. The summed E-state index contributed by atoms with van der Waals surface area (Å²) in [7, 11) is 0. The van der Waals surface area contributed by atoms with Gasteiger partial charge in [0.15, 0.2) is 0 Å². The van der Waals surface area contributed by atoms with E-state index in [2.05, 4.69) is 10.3 Å². The molecule has 2 aromatic heterocycles. The van der Waals surface area contributed by atoms with E-state index in [0.29, 0.717) is 28.8 Å². The van der Waals surface area contributed by atoms with Crippen molar-refractivity contribution in [2.45, 2.75) is 31.1 Å². The molecule has 0 spiro atoms. The zero-order valence-corrected chi connectivity index (χ0v) is 16.7. The molecule has 4 aromatic rings. The van der Waals surface area contributed by atoms with E-state index in [0.717, 1.165) is 41.3 Å². The second-order valence-corrected chi connectivity index (χ2v) is 8.40. The molecule has 0 radical (unpaired) electrons. The van der Waals surface area contributed by atoms with Gasteiger partial charge in [-0.2, -0.15) is 0 Å². The van der Waals surface area contributed by atoms with Crippen LogP contribution in [0.4, 0.5) is 5.69 Å². The first-order valence-electron chi connectivity index (χ1n) is 10.5. The molecule has 3 N–H and O–H groups in total. The Hall–Kier alpha value is -3.80. The molecular formula is C25H21N3O3. The number of aromatic hydroxyl groups is 2. The van der Waals surface area contributed by atoms with Gasteiger partial charge in [-0.25, -0.2) is 0 Å². The van der Waals surface area contributed by atoms with E-state index in [1.165, 1.54) is 4.57 Å². The predicted molar refractivity (Wildman–Crippen MR) is 118 cm³/mol. The number of nitrogens with zero attached hydrogens (tertiary/aromatic N) is 2.